The highest BCUT2D eigenvalue weighted by molar-refractivity contribution is 6.41. The molecule has 5 nitrogen and oxygen atoms in total. The second kappa shape index (κ2) is 5.75. The smallest absolute Gasteiger partial charge is 0.380 e. The van der Waals surface area contributed by atoms with E-state index in [9.17, 15) is 9.59 Å². The van der Waals surface area contributed by atoms with E-state index >= 15 is 0 Å². The van der Waals surface area contributed by atoms with E-state index in [1.807, 2.05) is 0 Å². The molecule has 0 aliphatic carbocycles. The predicted molar refractivity (Wildman–Crippen MR) is 49.0 cm³/mol. The summed E-state index contributed by atoms with van der Waals surface area (Å²) in [6, 6.07) is 1.64. The van der Waals surface area contributed by atoms with Crippen LogP contribution in [0.4, 0.5) is 0 Å². The lowest BCUT2D eigenvalue weighted by atomic mass is 10.2. The lowest BCUT2D eigenvalue weighted by Crippen LogP contribution is -2.20. The molecule has 0 aliphatic rings. The Labute approximate surface area is 82.6 Å². The van der Waals surface area contributed by atoms with Crippen LogP contribution in [0.5, 0.6) is 0 Å². The van der Waals surface area contributed by atoms with E-state index in [4.69, 9.17) is 5.26 Å². The van der Waals surface area contributed by atoms with E-state index in [-0.39, 0.29) is 12.2 Å². The maximum atomic E-state index is 11.2. The molecule has 0 aromatic rings. The molecule has 0 N–H and O–H groups in total. The average molecular weight is 196 g/mol. The first kappa shape index (κ1) is 12.2. The molecule has 0 aromatic carbocycles. The van der Waals surface area contributed by atoms with Gasteiger partial charge in [0.05, 0.1) is 6.61 Å². The van der Waals surface area contributed by atoms with Crippen molar-refractivity contribution in [1.29, 1.82) is 5.26 Å². The Morgan fingerprint density at radius 2 is 2.07 bits per heavy atom. The fraction of sp³-hybridized carbons (Fsp3) is 0.444. The number of nitriles is 1. The van der Waals surface area contributed by atoms with Crippen molar-refractivity contribution in [3.63, 3.8) is 0 Å². The SMILES string of the molecule is CCOC(=O)C(=O)/C(C#N)=C\N(C)C. The van der Waals surface area contributed by atoms with Crippen molar-refractivity contribution < 1.29 is 14.3 Å². The predicted octanol–water partition coefficient (Wildman–Crippen LogP) is 0.0877. The molecular formula is C9H12N2O3. The van der Waals surface area contributed by atoms with E-state index in [0.717, 1.165) is 0 Å². The van der Waals surface area contributed by atoms with Crippen LogP contribution in [-0.4, -0.2) is 37.4 Å². The molecule has 0 saturated heterocycles. The van der Waals surface area contributed by atoms with Gasteiger partial charge < -0.3 is 9.64 Å². The molecule has 0 rings (SSSR count). The van der Waals surface area contributed by atoms with Crippen LogP contribution in [0.3, 0.4) is 0 Å². The summed E-state index contributed by atoms with van der Waals surface area (Å²) in [5.74, 6) is -1.91. The Kier molecular flexibility index (Phi) is 5.00. The van der Waals surface area contributed by atoms with Gasteiger partial charge in [-0.25, -0.2) is 4.79 Å². The zero-order valence-corrected chi connectivity index (χ0v) is 8.40. The summed E-state index contributed by atoms with van der Waals surface area (Å²) in [4.78, 5) is 23.7. The van der Waals surface area contributed by atoms with Gasteiger partial charge in [-0.05, 0) is 6.92 Å². The van der Waals surface area contributed by atoms with Crippen molar-refractivity contribution in [1.82, 2.24) is 4.90 Å². The minimum absolute atomic E-state index is 0.116. The quantitative estimate of drug-likeness (QED) is 0.276. The largest absolute Gasteiger partial charge is 0.460 e. The minimum Gasteiger partial charge on any atom is -0.460 e. The number of nitrogens with zero attached hydrogens (tertiary/aromatic N) is 2. The van der Waals surface area contributed by atoms with E-state index in [0.29, 0.717) is 0 Å². The van der Waals surface area contributed by atoms with Crippen molar-refractivity contribution in [2.45, 2.75) is 6.92 Å². The summed E-state index contributed by atoms with van der Waals surface area (Å²) in [6.07, 6.45) is 1.28. The van der Waals surface area contributed by atoms with Crippen LogP contribution >= 0.6 is 0 Å². The molecule has 0 fully saturated rings. The summed E-state index contributed by atoms with van der Waals surface area (Å²) < 4.78 is 4.47. The van der Waals surface area contributed by atoms with Crippen LogP contribution in [0.25, 0.3) is 0 Å². The van der Waals surface area contributed by atoms with Crippen LogP contribution < -0.4 is 0 Å². The molecule has 0 spiro atoms. The number of ketones is 1. The Morgan fingerprint density at radius 3 is 2.43 bits per heavy atom. The Balaban J connectivity index is 4.66. The van der Waals surface area contributed by atoms with Gasteiger partial charge in [0.1, 0.15) is 11.6 Å². The molecular weight excluding hydrogens is 184 g/mol. The third-order valence-electron chi connectivity index (χ3n) is 1.21. The summed E-state index contributed by atoms with van der Waals surface area (Å²) >= 11 is 0. The van der Waals surface area contributed by atoms with Crippen molar-refractivity contribution in [2.75, 3.05) is 20.7 Å². The normalized spacial score (nSPS) is 10.3. The van der Waals surface area contributed by atoms with Gasteiger partial charge in [0, 0.05) is 20.3 Å². The average Bonchev–Trinajstić information content (AvgIpc) is 2.13. The molecule has 0 aliphatic heterocycles. The summed E-state index contributed by atoms with van der Waals surface area (Å²) in [5.41, 5.74) is -0.228. The van der Waals surface area contributed by atoms with Crippen LogP contribution in [0, 0.1) is 11.3 Å². The van der Waals surface area contributed by atoms with Gasteiger partial charge in [0.2, 0.25) is 0 Å². The van der Waals surface area contributed by atoms with E-state index < -0.39 is 11.8 Å². The van der Waals surface area contributed by atoms with E-state index in [1.165, 1.54) is 11.1 Å². The Hall–Kier alpha value is -1.83. The number of hydrogen-bond donors (Lipinski definition) is 0. The van der Waals surface area contributed by atoms with Gasteiger partial charge in [-0.15, -0.1) is 0 Å². The van der Waals surface area contributed by atoms with Gasteiger partial charge in [-0.3, -0.25) is 4.79 Å². The van der Waals surface area contributed by atoms with Crippen molar-refractivity contribution in [3.05, 3.63) is 11.8 Å². The molecule has 14 heavy (non-hydrogen) atoms. The van der Waals surface area contributed by atoms with Crippen LogP contribution in [0.1, 0.15) is 6.92 Å². The highest BCUT2D eigenvalue weighted by atomic mass is 16.5. The van der Waals surface area contributed by atoms with Gasteiger partial charge in [0.25, 0.3) is 5.78 Å². The van der Waals surface area contributed by atoms with Crippen LogP contribution in [0.15, 0.2) is 11.8 Å². The maximum Gasteiger partial charge on any atom is 0.380 e. The Bertz CT molecular complexity index is 300. The highest BCUT2D eigenvalue weighted by Crippen LogP contribution is 1.98. The first-order valence-electron chi connectivity index (χ1n) is 4.02. The highest BCUT2D eigenvalue weighted by Gasteiger charge is 2.20. The molecule has 0 heterocycles. The molecule has 5 heteroatoms. The molecule has 0 atom stereocenters. The van der Waals surface area contributed by atoms with E-state index in [2.05, 4.69) is 4.74 Å². The third kappa shape index (κ3) is 3.72. The number of hydrogen-bond acceptors (Lipinski definition) is 5. The number of Topliss-reactive ketones (excluding diaryl/α,β-unsaturated/α-hetero) is 1. The number of ether oxygens (including phenoxy) is 1. The van der Waals surface area contributed by atoms with Gasteiger partial charge in [-0.1, -0.05) is 0 Å². The fourth-order valence-corrected chi connectivity index (χ4v) is 0.703. The molecule has 76 valence electrons. The summed E-state index contributed by atoms with van der Waals surface area (Å²) in [7, 11) is 3.30. The lowest BCUT2D eigenvalue weighted by molar-refractivity contribution is -0.151. The molecule has 0 saturated carbocycles. The molecule has 0 bridgehead atoms. The second-order valence-corrected chi connectivity index (χ2v) is 2.67. The fourth-order valence-electron chi connectivity index (χ4n) is 0.703. The first-order chi connectivity index (χ1) is 6.52. The second-order valence-electron chi connectivity index (χ2n) is 2.67. The van der Waals surface area contributed by atoms with E-state index in [1.54, 1.807) is 27.1 Å². The Morgan fingerprint density at radius 1 is 1.50 bits per heavy atom. The topological polar surface area (TPSA) is 70.4 Å². The van der Waals surface area contributed by atoms with Gasteiger partial charge in [0.15, 0.2) is 0 Å². The van der Waals surface area contributed by atoms with Crippen LogP contribution in [-0.2, 0) is 14.3 Å². The minimum atomic E-state index is -0.998. The molecule has 0 aromatic heterocycles. The maximum absolute atomic E-state index is 11.2. The van der Waals surface area contributed by atoms with Gasteiger partial charge in [-0.2, -0.15) is 5.26 Å². The molecule has 0 unspecified atom stereocenters. The first-order valence-corrected chi connectivity index (χ1v) is 4.02. The van der Waals surface area contributed by atoms with Crippen molar-refractivity contribution >= 4 is 11.8 Å². The number of carbonyl (C=O) groups excluding carboxylic acids is 2. The number of esters is 1. The standard InChI is InChI=1S/C9H12N2O3/c1-4-14-9(13)8(12)7(5-10)6-11(2)3/h6H,4H2,1-3H3/b7-6-. The number of rotatable bonds is 4. The van der Waals surface area contributed by atoms with Gasteiger partial charge >= 0.3 is 5.97 Å². The van der Waals surface area contributed by atoms with Crippen molar-refractivity contribution in [2.24, 2.45) is 0 Å². The zero-order chi connectivity index (χ0) is 11.1. The number of carbonyl (C=O) groups is 2. The zero-order valence-electron chi connectivity index (χ0n) is 8.40. The van der Waals surface area contributed by atoms with Crippen LogP contribution in [0.2, 0.25) is 0 Å². The summed E-state index contributed by atoms with van der Waals surface area (Å²) in [5, 5.41) is 8.59. The molecule has 0 amide bonds. The molecule has 0 radical (unpaired) electrons. The monoisotopic (exact) mass is 196 g/mol. The summed E-state index contributed by atoms with van der Waals surface area (Å²) in [6.45, 7) is 1.71. The third-order valence-corrected chi connectivity index (χ3v) is 1.21. The lowest BCUT2D eigenvalue weighted by Gasteiger charge is -2.05. The van der Waals surface area contributed by atoms with Crippen molar-refractivity contribution in [3.8, 4) is 6.07 Å².